The number of nitrogens with zero attached hydrogens (tertiary/aromatic N) is 2. The number of carbonyl (C=O) groups excluding carboxylic acids is 1. The Labute approximate surface area is 211 Å². The molecule has 32 heavy (non-hydrogen) atoms. The van der Waals surface area contributed by atoms with Crippen LogP contribution in [0.4, 0.5) is 5.69 Å². The zero-order valence-electron chi connectivity index (χ0n) is 18.4. The summed E-state index contributed by atoms with van der Waals surface area (Å²) < 4.78 is 11.5. The van der Waals surface area contributed by atoms with Gasteiger partial charge in [-0.05, 0) is 36.2 Å². The van der Waals surface area contributed by atoms with Gasteiger partial charge in [-0.25, -0.2) is 0 Å². The smallest absolute Gasteiger partial charge is 0.223 e. The number of hydrogen-bond donors (Lipinski definition) is 2. The minimum Gasteiger partial charge on any atom is -0.490 e. The first-order valence-corrected chi connectivity index (χ1v) is 10.8. The predicted molar refractivity (Wildman–Crippen MR) is 140 cm³/mol. The van der Waals surface area contributed by atoms with Crippen LogP contribution in [0.3, 0.4) is 0 Å². The molecular formula is C23H30ClIN4O3. The average Bonchev–Trinajstić information content (AvgIpc) is 2.98. The van der Waals surface area contributed by atoms with E-state index in [1.807, 2.05) is 42.5 Å². The summed E-state index contributed by atoms with van der Waals surface area (Å²) in [6, 6.07) is 13.5. The molecule has 0 spiro atoms. The minimum atomic E-state index is 0. The standard InChI is InChI=1S/C23H29ClN4O3.HI/c1-28(2)22(29)10-12-26-23(25-11-9-17-5-3-6-18(24)15-17)27-19-7-8-20-21(16-19)31-14-4-13-30-20;/h3,5-8,15-16H,4,9-14H2,1-2H3,(H2,25,26,27);1H. The fourth-order valence-corrected chi connectivity index (χ4v) is 3.23. The summed E-state index contributed by atoms with van der Waals surface area (Å²) in [6.45, 7) is 2.33. The Hall–Kier alpha value is -2.20. The molecule has 2 N–H and O–H groups in total. The second kappa shape index (κ2) is 13.4. The number of hydrogen-bond acceptors (Lipinski definition) is 4. The quantitative estimate of drug-likeness (QED) is 0.296. The lowest BCUT2D eigenvalue weighted by Crippen LogP contribution is -2.33. The molecule has 0 fully saturated rings. The molecule has 2 aromatic rings. The highest BCUT2D eigenvalue weighted by molar-refractivity contribution is 14.0. The van der Waals surface area contributed by atoms with Gasteiger partial charge in [0.15, 0.2) is 17.5 Å². The van der Waals surface area contributed by atoms with Crippen LogP contribution < -0.4 is 20.1 Å². The van der Waals surface area contributed by atoms with E-state index in [-0.39, 0.29) is 29.9 Å². The highest BCUT2D eigenvalue weighted by atomic mass is 127. The third-order valence-electron chi connectivity index (χ3n) is 4.70. The Kier molecular flexibility index (Phi) is 10.9. The van der Waals surface area contributed by atoms with Gasteiger partial charge in [-0.3, -0.25) is 9.79 Å². The fourth-order valence-electron chi connectivity index (χ4n) is 3.02. The van der Waals surface area contributed by atoms with Crippen molar-refractivity contribution in [2.45, 2.75) is 19.3 Å². The van der Waals surface area contributed by atoms with Crippen molar-refractivity contribution in [1.82, 2.24) is 10.2 Å². The number of amides is 1. The Bertz CT molecular complexity index is 924. The molecule has 0 saturated carbocycles. The summed E-state index contributed by atoms with van der Waals surface area (Å²) in [4.78, 5) is 18.0. The van der Waals surface area contributed by atoms with Crippen LogP contribution in [0.25, 0.3) is 0 Å². The minimum absolute atomic E-state index is 0. The maximum absolute atomic E-state index is 11.9. The summed E-state index contributed by atoms with van der Waals surface area (Å²) in [5.74, 6) is 2.09. The van der Waals surface area contributed by atoms with Gasteiger partial charge in [-0.1, -0.05) is 23.7 Å². The van der Waals surface area contributed by atoms with Crippen molar-refractivity contribution in [3.05, 3.63) is 53.1 Å². The molecule has 0 saturated heterocycles. The van der Waals surface area contributed by atoms with Gasteiger partial charge in [0.25, 0.3) is 0 Å². The van der Waals surface area contributed by atoms with Crippen LogP contribution in [-0.2, 0) is 11.2 Å². The van der Waals surface area contributed by atoms with E-state index >= 15 is 0 Å². The van der Waals surface area contributed by atoms with Crippen LogP contribution in [0.15, 0.2) is 47.5 Å². The van der Waals surface area contributed by atoms with Crippen LogP contribution in [-0.4, -0.2) is 57.2 Å². The molecule has 9 heteroatoms. The van der Waals surface area contributed by atoms with E-state index in [1.165, 1.54) is 0 Å². The van der Waals surface area contributed by atoms with Gasteiger partial charge in [0, 0.05) is 50.3 Å². The van der Waals surface area contributed by atoms with E-state index in [0.29, 0.717) is 44.4 Å². The Morgan fingerprint density at radius 3 is 2.66 bits per heavy atom. The Balaban J connectivity index is 0.00000363. The molecule has 174 valence electrons. The van der Waals surface area contributed by atoms with E-state index < -0.39 is 0 Å². The van der Waals surface area contributed by atoms with E-state index in [9.17, 15) is 4.79 Å². The van der Waals surface area contributed by atoms with Crippen molar-refractivity contribution in [3.63, 3.8) is 0 Å². The third-order valence-corrected chi connectivity index (χ3v) is 4.93. The number of fused-ring (bicyclic) bond motifs is 1. The molecule has 0 aliphatic carbocycles. The lowest BCUT2D eigenvalue weighted by atomic mass is 10.1. The predicted octanol–water partition coefficient (Wildman–Crippen LogP) is 4.20. The van der Waals surface area contributed by atoms with Gasteiger partial charge in [-0.15, -0.1) is 24.0 Å². The molecule has 0 unspecified atom stereocenters. The first kappa shape index (κ1) is 26.1. The number of ether oxygens (including phenoxy) is 2. The molecule has 3 rings (SSSR count). The van der Waals surface area contributed by atoms with E-state index in [1.54, 1.807) is 19.0 Å². The summed E-state index contributed by atoms with van der Waals surface area (Å²) >= 11 is 6.07. The van der Waals surface area contributed by atoms with Crippen LogP contribution in [0.5, 0.6) is 11.5 Å². The number of benzene rings is 2. The highest BCUT2D eigenvalue weighted by Crippen LogP contribution is 2.32. The van der Waals surface area contributed by atoms with Crippen LogP contribution >= 0.6 is 35.6 Å². The average molecular weight is 573 g/mol. The summed E-state index contributed by atoms with van der Waals surface area (Å²) in [6.07, 6.45) is 1.99. The topological polar surface area (TPSA) is 75.2 Å². The summed E-state index contributed by atoms with van der Waals surface area (Å²) in [5, 5.41) is 7.35. The second-order valence-corrected chi connectivity index (χ2v) is 7.85. The van der Waals surface area contributed by atoms with Crippen molar-refractivity contribution in [2.75, 3.05) is 45.7 Å². The van der Waals surface area contributed by atoms with E-state index in [4.69, 9.17) is 21.1 Å². The number of rotatable bonds is 7. The first-order valence-electron chi connectivity index (χ1n) is 10.4. The zero-order valence-corrected chi connectivity index (χ0v) is 21.5. The fraction of sp³-hybridized carbons (Fsp3) is 0.391. The first-order chi connectivity index (χ1) is 15.0. The largest absolute Gasteiger partial charge is 0.490 e. The van der Waals surface area contributed by atoms with Crippen molar-refractivity contribution < 1.29 is 14.3 Å². The van der Waals surface area contributed by atoms with Crippen LogP contribution in [0.2, 0.25) is 5.02 Å². The SMILES string of the molecule is CN(C)C(=O)CCN=C(NCCc1cccc(Cl)c1)Nc1ccc2c(c1)OCCCO2.I. The number of anilines is 1. The summed E-state index contributed by atoms with van der Waals surface area (Å²) in [5.41, 5.74) is 1.97. The molecule has 1 aliphatic rings. The van der Waals surface area contributed by atoms with Crippen molar-refractivity contribution in [3.8, 4) is 11.5 Å². The maximum atomic E-state index is 11.9. The van der Waals surface area contributed by atoms with Crippen LogP contribution in [0.1, 0.15) is 18.4 Å². The molecule has 1 heterocycles. The number of aliphatic imine (C=N–C) groups is 1. The Morgan fingerprint density at radius 1 is 1.12 bits per heavy atom. The molecule has 1 amide bonds. The number of carbonyl (C=O) groups is 1. The highest BCUT2D eigenvalue weighted by Gasteiger charge is 2.12. The Morgan fingerprint density at radius 2 is 1.91 bits per heavy atom. The van der Waals surface area contributed by atoms with Crippen LogP contribution in [0, 0.1) is 0 Å². The molecule has 0 bridgehead atoms. The molecule has 7 nitrogen and oxygen atoms in total. The third kappa shape index (κ3) is 8.38. The number of guanidine groups is 1. The van der Waals surface area contributed by atoms with Crippen molar-refractivity contribution in [1.29, 1.82) is 0 Å². The van der Waals surface area contributed by atoms with Gasteiger partial charge in [0.05, 0.1) is 19.8 Å². The number of halogens is 2. The molecule has 0 radical (unpaired) electrons. The van der Waals surface area contributed by atoms with Crippen molar-refractivity contribution in [2.24, 2.45) is 4.99 Å². The van der Waals surface area contributed by atoms with Gasteiger partial charge in [0.1, 0.15) is 0 Å². The molecular weight excluding hydrogens is 543 g/mol. The normalized spacial score (nSPS) is 12.9. The lowest BCUT2D eigenvalue weighted by molar-refractivity contribution is -0.128. The maximum Gasteiger partial charge on any atom is 0.223 e. The zero-order chi connectivity index (χ0) is 22.1. The number of nitrogens with one attached hydrogen (secondary N) is 2. The molecule has 1 aliphatic heterocycles. The summed E-state index contributed by atoms with van der Waals surface area (Å²) in [7, 11) is 3.48. The molecule has 0 atom stereocenters. The van der Waals surface area contributed by atoms with Gasteiger partial charge in [-0.2, -0.15) is 0 Å². The monoisotopic (exact) mass is 572 g/mol. The second-order valence-electron chi connectivity index (χ2n) is 7.41. The van der Waals surface area contributed by atoms with Gasteiger partial charge in [0.2, 0.25) is 5.91 Å². The molecule has 2 aromatic carbocycles. The lowest BCUT2D eigenvalue weighted by Gasteiger charge is -2.15. The van der Waals surface area contributed by atoms with E-state index in [2.05, 4.69) is 15.6 Å². The van der Waals surface area contributed by atoms with Gasteiger partial charge >= 0.3 is 0 Å². The van der Waals surface area contributed by atoms with Crippen molar-refractivity contribution >= 4 is 53.1 Å². The van der Waals surface area contributed by atoms with Gasteiger partial charge < -0.3 is 25.0 Å². The van der Waals surface area contributed by atoms with E-state index in [0.717, 1.165) is 34.9 Å². The molecule has 0 aromatic heterocycles.